The number of anilines is 4. The number of nitriles is 1. The number of para-hydroxylation sites is 1. The molecule has 0 radical (unpaired) electrons. The molecule has 5 nitrogen and oxygen atoms in total. The molecule has 25 heavy (non-hydrogen) atoms. The van der Waals surface area contributed by atoms with Crippen LogP contribution in [0.3, 0.4) is 0 Å². The summed E-state index contributed by atoms with van der Waals surface area (Å²) >= 11 is 0. The first-order chi connectivity index (χ1) is 12.0. The lowest BCUT2D eigenvalue weighted by Crippen LogP contribution is -2.04. The number of rotatable bonds is 4. The topological polar surface area (TPSA) is 73.6 Å². The van der Waals surface area contributed by atoms with Gasteiger partial charge in [-0.15, -0.1) is 0 Å². The number of nitrogens with zero attached hydrogens (tertiary/aromatic N) is 3. The second kappa shape index (κ2) is 7.02. The summed E-state index contributed by atoms with van der Waals surface area (Å²) in [6, 6.07) is 17.4. The molecule has 5 heteroatoms. The van der Waals surface area contributed by atoms with Crippen molar-refractivity contribution in [1.29, 1.82) is 5.26 Å². The third kappa shape index (κ3) is 3.93. The van der Waals surface area contributed by atoms with Crippen molar-refractivity contribution < 1.29 is 0 Å². The molecule has 2 aromatic carbocycles. The molecule has 0 aliphatic rings. The van der Waals surface area contributed by atoms with Crippen molar-refractivity contribution >= 4 is 23.1 Å². The van der Waals surface area contributed by atoms with Gasteiger partial charge in [-0.05, 0) is 50.1 Å². The normalized spacial score (nSPS) is 10.2. The second-order valence-corrected chi connectivity index (χ2v) is 5.93. The molecule has 0 aliphatic heterocycles. The van der Waals surface area contributed by atoms with E-state index in [1.165, 1.54) is 0 Å². The molecule has 1 heterocycles. The van der Waals surface area contributed by atoms with Crippen LogP contribution in [0, 0.1) is 32.1 Å². The van der Waals surface area contributed by atoms with E-state index in [4.69, 9.17) is 5.26 Å². The number of hydrogen-bond acceptors (Lipinski definition) is 5. The quantitative estimate of drug-likeness (QED) is 0.722. The van der Waals surface area contributed by atoms with Crippen LogP contribution in [0.2, 0.25) is 0 Å². The Bertz CT molecular complexity index is 936. The maximum Gasteiger partial charge on any atom is 0.229 e. The molecule has 0 spiro atoms. The van der Waals surface area contributed by atoms with Crippen LogP contribution >= 0.6 is 0 Å². The van der Waals surface area contributed by atoms with Crippen molar-refractivity contribution in [3.8, 4) is 6.07 Å². The third-order valence-electron chi connectivity index (χ3n) is 3.84. The fraction of sp³-hybridized carbons (Fsp3) is 0.150. The van der Waals surface area contributed by atoms with Gasteiger partial charge in [0.1, 0.15) is 5.82 Å². The van der Waals surface area contributed by atoms with Crippen molar-refractivity contribution in [3.63, 3.8) is 0 Å². The minimum absolute atomic E-state index is 0.490. The molecular formula is C20H19N5. The van der Waals surface area contributed by atoms with E-state index in [2.05, 4.69) is 52.7 Å². The summed E-state index contributed by atoms with van der Waals surface area (Å²) in [6.07, 6.45) is 0. The summed E-state index contributed by atoms with van der Waals surface area (Å²) in [5.41, 5.74) is 5.59. The number of aromatic nitrogens is 2. The van der Waals surface area contributed by atoms with Crippen LogP contribution in [-0.4, -0.2) is 9.97 Å². The maximum atomic E-state index is 9.01. The zero-order valence-corrected chi connectivity index (χ0v) is 14.5. The largest absolute Gasteiger partial charge is 0.340 e. The van der Waals surface area contributed by atoms with Gasteiger partial charge >= 0.3 is 0 Å². The molecule has 3 rings (SSSR count). The van der Waals surface area contributed by atoms with Gasteiger partial charge in [0.05, 0.1) is 11.6 Å². The summed E-state index contributed by atoms with van der Waals surface area (Å²) < 4.78 is 0. The molecule has 0 saturated heterocycles. The molecule has 124 valence electrons. The first-order valence-corrected chi connectivity index (χ1v) is 8.01. The molecule has 0 unspecified atom stereocenters. The summed E-state index contributed by atoms with van der Waals surface area (Å²) in [5.74, 6) is 1.22. The van der Waals surface area contributed by atoms with Gasteiger partial charge in [-0.1, -0.05) is 24.3 Å². The minimum atomic E-state index is 0.490. The van der Waals surface area contributed by atoms with Crippen LogP contribution in [0.15, 0.2) is 48.5 Å². The SMILES string of the molecule is Cc1cc(Nc2c(C)cccc2C)nc(Nc2cccc(C#N)c2)n1. The maximum absolute atomic E-state index is 9.01. The van der Waals surface area contributed by atoms with Gasteiger partial charge in [0.25, 0.3) is 0 Å². The van der Waals surface area contributed by atoms with Crippen LogP contribution in [0.4, 0.5) is 23.1 Å². The Hall–Kier alpha value is -3.39. The fourth-order valence-corrected chi connectivity index (χ4v) is 2.62. The molecule has 0 saturated carbocycles. The van der Waals surface area contributed by atoms with Crippen molar-refractivity contribution in [3.05, 3.63) is 70.9 Å². The van der Waals surface area contributed by atoms with Crippen LogP contribution in [0.25, 0.3) is 0 Å². The lowest BCUT2D eigenvalue weighted by Gasteiger charge is -2.13. The average molecular weight is 329 g/mol. The Morgan fingerprint density at radius 1 is 0.880 bits per heavy atom. The van der Waals surface area contributed by atoms with E-state index >= 15 is 0 Å². The molecule has 0 atom stereocenters. The highest BCUT2D eigenvalue weighted by Gasteiger charge is 2.07. The molecule has 2 N–H and O–H groups in total. The molecule has 1 aromatic heterocycles. The van der Waals surface area contributed by atoms with Crippen molar-refractivity contribution in [2.24, 2.45) is 0 Å². The number of hydrogen-bond donors (Lipinski definition) is 2. The summed E-state index contributed by atoms with van der Waals surface area (Å²) in [6.45, 7) is 6.06. The number of nitrogens with one attached hydrogen (secondary N) is 2. The Balaban J connectivity index is 1.89. The zero-order chi connectivity index (χ0) is 17.8. The van der Waals surface area contributed by atoms with Gasteiger partial charge in [-0.25, -0.2) is 4.98 Å². The highest BCUT2D eigenvalue weighted by atomic mass is 15.1. The van der Waals surface area contributed by atoms with Gasteiger partial charge in [0.15, 0.2) is 0 Å². The lowest BCUT2D eigenvalue weighted by atomic mass is 10.1. The fourth-order valence-electron chi connectivity index (χ4n) is 2.62. The van der Waals surface area contributed by atoms with Gasteiger partial charge in [-0.2, -0.15) is 10.2 Å². The Morgan fingerprint density at radius 3 is 2.32 bits per heavy atom. The molecule has 0 amide bonds. The van der Waals surface area contributed by atoms with Gasteiger partial charge in [0.2, 0.25) is 5.95 Å². The highest BCUT2D eigenvalue weighted by Crippen LogP contribution is 2.24. The zero-order valence-electron chi connectivity index (χ0n) is 14.5. The van der Waals surface area contributed by atoms with Gasteiger partial charge in [-0.3, -0.25) is 0 Å². The van der Waals surface area contributed by atoms with Gasteiger partial charge in [0, 0.05) is 23.1 Å². The van der Waals surface area contributed by atoms with E-state index < -0.39 is 0 Å². The highest BCUT2D eigenvalue weighted by molar-refractivity contribution is 5.66. The van der Waals surface area contributed by atoms with E-state index in [1.54, 1.807) is 12.1 Å². The molecule has 0 fully saturated rings. The first-order valence-electron chi connectivity index (χ1n) is 8.01. The van der Waals surface area contributed by atoms with Crippen LogP contribution in [0.1, 0.15) is 22.4 Å². The number of benzene rings is 2. The first kappa shape index (κ1) is 16.5. The second-order valence-electron chi connectivity index (χ2n) is 5.93. The summed E-state index contributed by atoms with van der Waals surface area (Å²) in [4.78, 5) is 8.97. The van der Waals surface area contributed by atoms with E-state index in [-0.39, 0.29) is 0 Å². The Kier molecular flexibility index (Phi) is 4.62. The third-order valence-corrected chi connectivity index (χ3v) is 3.84. The molecule has 0 aliphatic carbocycles. The van der Waals surface area contributed by atoms with Gasteiger partial charge < -0.3 is 10.6 Å². The predicted octanol–water partition coefficient (Wildman–Crippen LogP) is 4.76. The van der Waals surface area contributed by atoms with Crippen molar-refractivity contribution in [2.75, 3.05) is 10.6 Å². The van der Waals surface area contributed by atoms with Crippen LogP contribution in [-0.2, 0) is 0 Å². The summed E-state index contributed by atoms with van der Waals surface area (Å²) in [5, 5.41) is 15.6. The van der Waals surface area contributed by atoms with E-state index in [1.807, 2.05) is 31.2 Å². The monoisotopic (exact) mass is 329 g/mol. The molecule has 0 bridgehead atoms. The number of aryl methyl sites for hydroxylation is 3. The van der Waals surface area contributed by atoms with E-state index in [0.29, 0.717) is 11.5 Å². The lowest BCUT2D eigenvalue weighted by molar-refractivity contribution is 1.10. The minimum Gasteiger partial charge on any atom is -0.340 e. The summed E-state index contributed by atoms with van der Waals surface area (Å²) in [7, 11) is 0. The predicted molar refractivity (Wildman–Crippen MR) is 100 cm³/mol. The Morgan fingerprint density at radius 2 is 1.60 bits per heavy atom. The van der Waals surface area contributed by atoms with Crippen LogP contribution in [0.5, 0.6) is 0 Å². The van der Waals surface area contributed by atoms with Crippen molar-refractivity contribution in [1.82, 2.24) is 9.97 Å². The van der Waals surface area contributed by atoms with Crippen molar-refractivity contribution in [2.45, 2.75) is 20.8 Å². The standard InChI is InChI=1S/C20H19N5/c1-13-6-4-7-14(2)19(13)24-18-10-15(3)22-20(25-18)23-17-9-5-8-16(11-17)12-21/h4-11H,1-3H3,(H2,22,23,24,25). The smallest absolute Gasteiger partial charge is 0.229 e. The van der Waals surface area contributed by atoms with E-state index in [9.17, 15) is 0 Å². The Labute approximate surface area is 147 Å². The molecule has 3 aromatic rings. The van der Waals surface area contributed by atoms with E-state index in [0.717, 1.165) is 34.0 Å². The van der Waals surface area contributed by atoms with Crippen LogP contribution < -0.4 is 10.6 Å². The average Bonchev–Trinajstić information content (AvgIpc) is 2.58. The molecular weight excluding hydrogens is 310 g/mol.